The molecule has 0 unspecified atom stereocenters. The third-order valence-electron chi connectivity index (χ3n) is 2.98. The topological polar surface area (TPSA) is 53.7 Å². The van der Waals surface area contributed by atoms with Gasteiger partial charge >= 0.3 is 0 Å². The third kappa shape index (κ3) is 2.54. The van der Waals surface area contributed by atoms with Gasteiger partial charge in [0.2, 0.25) is 0 Å². The lowest BCUT2D eigenvalue weighted by Gasteiger charge is -2.20. The second-order valence-corrected chi connectivity index (χ2v) is 5.42. The molecule has 2 aromatic rings. The Balaban J connectivity index is 1.94. The van der Waals surface area contributed by atoms with E-state index in [1.54, 1.807) is 12.1 Å². The molecule has 2 N–H and O–H groups in total. The third-order valence-corrected chi connectivity index (χ3v) is 3.60. The van der Waals surface area contributed by atoms with E-state index >= 15 is 0 Å². The Morgan fingerprint density at radius 1 is 1.05 bits per heavy atom. The molecule has 0 bridgehead atoms. The summed E-state index contributed by atoms with van der Waals surface area (Å²) >= 11 is 3.48. The number of nitrogens with two attached hydrogens (primary N) is 1. The van der Waals surface area contributed by atoms with Crippen molar-refractivity contribution in [1.29, 1.82) is 0 Å². The van der Waals surface area contributed by atoms with Gasteiger partial charge in [-0.1, -0.05) is 6.07 Å². The van der Waals surface area contributed by atoms with Gasteiger partial charge in [-0.3, -0.25) is 0 Å². The van der Waals surface area contributed by atoms with Gasteiger partial charge in [0.15, 0.2) is 17.2 Å². The number of anilines is 1. The number of benzene rings is 2. The number of hydrogen-bond acceptors (Lipinski definition) is 4. The fourth-order valence-electron chi connectivity index (χ4n) is 1.98. The van der Waals surface area contributed by atoms with E-state index < -0.39 is 0 Å². The van der Waals surface area contributed by atoms with Gasteiger partial charge < -0.3 is 19.9 Å². The lowest BCUT2D eigenvalue weighted by atomic mass is 10.2. The van der Waals surface area contributed by atoms with Crippen molar-refractivity contribution in [2.75, 3.05) is 18.9 Å². The first-order valence-electron chi connectivity index (χ1n) is 6.26. The standard InChI is InChI=1S/C15H14BrNO3/c1-9-2-3-12(10(16)6-9)20-13-8-15-14(7-11(13)17)18-4-5-19-15/h2-3,6-8H,4-5,17H2,1H3. The highest BCUT2D eigenvalue weighted by molar-refractivity contribution is 9.10. The van der Waals surface area contributed by atoms with Gasteiger partial charge in [-0.15, -0.1) is 0 Å². The Kier molecular flexibility index (Phi) is 3.44. The minimum atomic E-state index is 0.515. The van der Waals surface area contributed by atoms with Crippen LogP contribution in [0, 0.1) is 6.92 Å². The largest absolute Gasteiger partial charge is 0.486 e. The maximum absolute atomic E-state index is 6.00. The van der Waals surface area contributed by atoms with Gasteiger partial charge in [0.25, 0.3) is 0 Å². The molecular formula is C15H14BrNO3. The average molecular weight is 336 g/mol. The fraction of sp³-hybridized carbons (Fsp3) is 0.200. The van der Waals surface area contributed by atoms with Gasteiger partial charge in [-0.05, 0) is 40.5 Å². The summed E-state index contributed by atoms with van der Waals surface area (Å²) in [6, 6.07) is 9.36. The molecule has 2 aromatic carbocycles. The lowest BCUT2D eigenvalue weighted by Crippen LogP contribution is -2.15. The van der Waals surface area contributed by atoms with Crippen LogP contribution in [-0.4, -0.2) is 13.2 Å². The molecule has 4 nitrogen and oxygen atoms in total. The second-order valence-electron chi connectivity index (χ2n) is 4.57. The molecule has 0 amide bonds. The van der Waals surface area contributed by atoms with Gasteiger partial charge in [0.1, 0.15) is 19.0 Å². The van der Waals surface area contributed by atoms with Crippen LogP contribution >= 0.6 is 15.9 Å². The minimum Gasteiger partial charge on any atom is -0.486 e. The lowest BCUT2D eigenvalue weighted by molar-refractivity contribution is 0.171. The monoisotopic (exact) mass is 335 g/mol. The van der Waals surface area contributed by atoms with Crippen molar-refractivity contribution in [1.82, 2.24) is 0 Å². The van der Waals surface area contributed by atoms with E-state index in [-0.39, 0.29) is 0 Å². The van der Waals surface area contributed by atoms with Crippen molar-refractivity contribution >= 4 is 21.6 Å². The minimum absolute atomic E-state index is 0.515. The van der Waals surface area contributed by atoms with Gasteiger partial charge in [0.05, 0.1) is 10.2 Å². The molecule has 1 heterocycles. The number of nitrogen functional groups attached to an aromatic ring is 1. The predicted octanol–water partition coefficient (Wildman–Crippen LogP) is 3.90. The van der Waals surface area contributed by atoms with Crippen LogP contribution in [0.2, 0.25) is 0 Å². The van der Waals surface area contributed by atoms with E-state index in [2.05, 4.69) is 15.9 Å². The van der Waals surface area contributed by atoms with Crippen molar-refractivity contribution in [3.63, 3.8) is 0 Å². The second kappa shape index (κ2) is 5.25. The zero-order valence-corrected chi connectivity index (χ0v) is 12.6. The molecule has 0 atom stereocenters. The zero-order chi connectivity index (χ0) is 14.1. The molecule has 0 fully saturated rings. The zero-order valence-electron chi connectivity index (χ0n) is 11.0. The van der Waals surface area contributed by atoms with Gasteiger partial charge in [-0.25, -0.2) is 0 Å². The van der Waals surface area contributed by atoms with Gasteiger partial charge in [0, 0.05) is 12.1 Å². The number of aryl methyl sites for hydroxylation is 1. The fourth-order valence-corrected chi connectivity index (χ4v) is 2.56. The van der Waals surface area contributed by atoms with Crippen LogP contribution in [0.1, 0.15) is 5.56 Å². The molecule has 1 aliphatic rings. The Morgan fingerprint density at radius 3 is 2.45 bits per heavy atom. The van der Waals surface area contributed by atoms with Crippen LogP contribution in [0.4, 0.5) is 5.69 Å². The SMILES string of the molecule is Cc1ccc(Oc2cc3c(cc2N)OCCO3)c(Br)c1. The summed E-state index contributed by atoms with van der Waals surface area (Å²) < 4.78 is 17.7. The van der Waals surface area contributed by atoms with Crippen molar-refractivity contribution in [3.8, 4) is 23.0 Å². The first kappa shape index (κ1) is 13.1. The van der Waals surface area contributed by atoms with Crippen LogP contribution in [0.5, 0.6) is 23.0 Å². The summed E-state index contributed by atoms with van der Waals surface area (Å²) in [5.74, 6) is 2.57. The molecule has 0 aliphatic carbocycles. The number of halogens is 1. The Bertz CT molecular complexity index is 658. The van der Waals surface area contributed by atoms with E-state index in [1.807, 2.05) is 25.1 Å². The molecule has 20 heavy (non-hydrogen) atoms. The van der Waals surface area contributed by atoms with Crippen LogP contribution in [0.15, 0.2) is 34.8 Å². The van der Waals surface area contributed by atoms with Crippen molar-refractivity contribution in [2.45, 2.75) is 6.92 Å². The maximum atomic E-state index is 6.00. The maximum Gasteiger partial charge on any atom is 0.165 e. The predicted molar refractivity (Wildman–Crippen MR) is 80.8 cm³/mol. The summed E-state index contributed by atoms with van der Waals surface area (Å²) in [5, 5.41) is 0. The Labute approximate surface area is 125 Å². The molecule has 0 saturated carbocycles. The van der Waals surface area contributed by atoms with Crippen LogP contribution in [0.25, 0.3) is 0 Å². The molecule has 0 spiro atoms. The molecule has 0 saturated heterocycles. The van der Waals surface area contributed by atoms with E-state index in [0.29, 0.717) is 41.9 Å². The quantitative estimate of drug-likeness (QED) is 0.845. The number of rotatable bonds is 2. The molecule has 1 aliphatic heterocycles. The molecule has 3 rings (SSSR count). The van der Waals surface area contributed by atoms with E-state index in [0.717, 1.165) is 10.0 Å². The molecule has 0 aromatic heterocycles. The van der Waals surface area contributed by atoms with E-state index in [4.69, 9.17) is 19.9 Å². The van der Waals surface area contributed by atoms with Crippen molar-refractivity contribution in [2.24, 2.45) is 0 Å². The summed E-state index contributed by atoms with van der Waals surface area (Å²) in [6.45, 7) is 3.09. The van der Waals surface area contributed by atoms with Crippen LogP contribution in [0.3, 0.4) is 0 Å². The Hall–Kier alpha value is -1.88. The molecular weight excluding hydrogens is 322 g/mol. The summed E-state index contributed by atoms with van der Waals surface area (Å²) in [6.07, 6.45) is 0. The summed E-state index contributed by atoms with van der Waals surface area (Å²) in [5.41, 5.74) is 7.66. The smallest absolute Gasteiger partial charge is 0.165 e. The summed E-state index contributed by atoms with van der Waals surface area (Å²) in [4.78, 5) is 0. The Morgan fingerprint density at radius 2 is 1.75 bits per heavy atom. The van der Waals surface area contributed by atoms with Crippen LogP contribution < -0.4 is 19.9 Å². The number of fused-ring (bicyclic) bond motifs is 1. The summed E-state index contributed by atoms with van der Waals surface area (Å²) in [7, 11) is 0. The highest BCUT2D eigenvalue weighted by atomic mass is 79.9. The van der Waals surface area contributed by atoms with Crippen molar-refractivity contribution < 1.29 is 14.2 Å². The van der Waals surface area contributed by atoms with Gasteiger partial charge in [-0.2, -0.15) is 0 Å². The molecule has 0 radical (unpaired) electrons. The first-order chi connectivity index (χ1) is 9.63. The van der Waals surface area contributed by atoms with E-state index in [9.17, 15) is 0 Å². The highest BCUT2D eigenvalue weighted by Crippen LogP contribution is 2.41. The first-order valence-corrected chi connectivity index (χ1v) is 7.06. The molecule has 104 valence electrons. The normalized spacial score (nSPS) is 13.1. The van der Waals surface area contributed by atoms with E-state index in [1.165, 1.54) is 0 Å². The highest BCUT2D eigenvalue weighted by Gasteiger charge is 2.16. The van der Waals surface area contributed by atoms with Crippen LogP contribution in [-0.2, 0) is 0 Å². The van der Waals surface area contributed by atoms with Crippen molar-refractivity contribution in [3.05, 3.63) is 40.4 Å². The average Bonchev–Trinajstić information content (AvgIpc) is 2.42. The molecule has 5 heteroatoms. The number of ether oxygens (including phenoxy) is 3. The number of hydrogen-bond donors (Lipinski definition) is 1.